The van der Waals surface area contributed by atoms with Crippen LogP contribution >= 0.6 is 0 Å². The quantitative estimate of drug-likeness (QED) is 0.275. The highest BCUT2D eigenvalue weighted by Gasteiger charge is 2.65. The van der Waals surface area contributed by atoms with E-state index in [4.69, 9.17) is 0 Å². The van der Waals surface area contributed by atoms with Crippen molar-refractivity contribution in [3.05, 3.63) is 0 Å². The summed E-state index contributed by atoms with van der Waals surface area (Å²) in [6.07, 6.45) is 46.0. The van der Waals surface area contributed by atoms with Gasteiger partial charge in [-0.1, -0.05) is 111 Å². The molecular weight excluding hydrogens is 687 g/mol. The molecule has 0 radical (unpaired) electrons. The summed E-state index contributed by atoms with van der Waals surface area (Å²) in [5, 5.41) is 0. The lowest BCUT2D eigenvalue weighted by molar-refractivity contribution is -0.0862. The van der Waals surface area contributed by atoms with Crippen molar-refractivity contribution in [2.45, 2.75) is 232 Å². The normalized spacial score (nSPS) is 56.1. The Morgan fingerprint density at radius 2 is 0.719 bits per heavy atom. The van der Waals surface area contributed by atoms with Gasteiger partial charge in [0.2, 0.25) is 0 Å². The van der Waals surface area contributed by atoms with E-state index in [1.165, 1.54) is 12.8 Å². The van der Waals surface area contributed by atoms with E-state index < -0.39 is 0 Å². The largest absolute Gasteiger partial charge is 0.294 e. The SMILES string of the molecule is CC1(C)C2CCCCC2C2C(N(C3CCC4CC5CC6CCCCC6C(C6CC7CCCCC7C6)C5C4C3)C3CCCC4C3C3CCCCC3C4(C)C)CCCC21. The molecular formula is C56H91N. The molecule has 20 atom stereocenters. The summed E-state index contributed by atoms with van der Waals surface area (Å²) in [5.74, 6) is 19.2. The van der Waals surface area contributed by atoms with Crippen molar-refractivity contribution in [3.63, 3.8) is 0 Å². The monoisotopic (exact) mass is 778 g/mol. The maximum atomic E-state index is 3.67. The first-order chi connectivity index (χ1) is 27.8. The lowest BCUT2D eigenvalue weighted by atomic mass is 9.53. The van der Waals surface area contributed by atoms with Gasteiger partial charge in [0.25, 0.3) is 0 Å². The standard InChI is InChI=1S/C56H91N/c1-55(2)45-21-11-9-19-42(45)53-47(55)23-13-25-49(53)57(50-26-14-24-48-54(50)43-20-10-12-22-46(43)56(48,3)4)40-28-27-37-32-39-31-36-17-7-8-18-41(36)51(52(39)44(37)33-40)38-29-34-15-5-6-16-35(34)30-38/h34-54H,5-33H2,1-4H3. The maximum Gasteiger partial charge on any atom is 0.0135 e. The molecule has 12 fully saturated rings. The Hall–Kier alpha value is -0.0400. The van der Waals surface area contributed by atoms with Crippen molar-refractivity contribution in [3.8, 4) is 0 Å². The van der Waals surface area contributed by atoms with E-state index in [-0.39, 0.29) is 0 Å². The maximum absolute atomic E-state index is 3.67. The van der Waals surface area contributed by atoms with E-state index in [0.717, 1.165) is 125 Å². The fourth-order valence-electron chi connectivity index (χ4n) is 22.9. The summed E-state index contributed by atoms with van der Waals surface area (Å²) >= 11 is 0. The minimum Gasteiger partial charge on any atom is -0.294 e. The van der Waals surface area contributed by atoms with Crippen LogP contribution < -0.4 is 0 Å². The number of hydrogen-bond donors (Lipinski definition) is 0. The van der Waals surface area contributed by atoms with Gasteiger partial charge < -0.3 is 0 Å². The van der Waals surface area contributed by atoms with Gasteiger partial charge in [0, 0.05) is 18.1 Å². The molecule has 0 aromatic heterocycles. The third-order valence-electron chi connectivity index (χ3n) is 24.5. The van der Waals surface area contributed by atoms with Crippen molar-refractivity contribution in [2.24, 2.45) is 117 Å². The Balaban J connectivity index is 0.918. The zero-order valence-corrected chi connectivity index (χ0v) is 38.1. The van der Waals surface area contributed by atoms with Gasteiger partial charge in [-0.15, -0.1) is 0 Å². The van der Waals surface area contributed by atoms with Crippen molar-refractivity contribution < 1.29 is 0 Å². The lowest BCUT2D eigenvalue weighted by Crippen LogP contribution is -2.61. The second kappa shape index (κ2) is 14.8. The molecule has 57 heavy (non-hydrogen) atoms. The molecule has 0 spiro atoms. The second-order valence-corrected chi connectivity index (χ2v) is 26.6. The average Bonchev–Trinajstić information content (AvgIpc) is 3.95. The van der Waals surface area contributed by atoms with Crippen LogP contribution in [-0.2, 0) is 0 Å². The first kappa shape index (κ1) is 38.6. The Morgan fingerprint density at radius 3 is 1.28 bits per heavy atom. The predicted octanol–water partition coefficient (Wildman–Crippen LogP) is 15.0. The fourth-order valence-corrected chi connectivity index (χ4v) is 22.9. The smallest absolute Gasteiger partial charge is 0.0135 e. The molecule has 0 saturated heterocycles. The van der Waals surface area contributed by atoms with Gasteiger partial charge in [-0.2, -0.15) is 0 Å². The molecule has 1 nitrogen and oxygen atoms in total. The van der Waals surface area contributed by atoms with Crippen LogP contribution in [-0.4, -0.2) is 23.0 Å². The molecule has 0 aromatic carbocycles. The van der Waals surface area contributed by atoms with Crippen LogP contribution in [0, 0.1) is 117 Å². The van der Waals surface area contributed by atoms with Gasteiger partial charge in [-0.25, -0.2) is 0 Å². The number of nitrogens with zero attached hydrogens (tertiary/aromatic N) is 1. The summed E-state index contributed by atoms with van der Waals surface area (Å²) < 4.78 is 0. The van der Waals surface area contributed by atoms with Gasteiger partial charge in [-0.3, -0.25) is 4.90 Å². The summed E-state index contributed by atoms with van der Waals surface area (Å²) in [6, 6.07) is 2.73. The zero-order valence-electron chi connectivity index (χ0n) is 38.1. The van der Waals surface area contributed by atoms with E-state index in [1.807, 2.05) is 0 Å². The molecule has 0 amide bonds. The predicted molar refractivity (Wildman–Crippen MR) is 237 cm³/mol. The van der Waals surface area contributed by atoms with Gasteiger partial charge >= 0.3 is 0 Å². The number of hydrogen-bond acceptors (Lipinski definition) is 1. The zero-order chi connectivity index (χ0) is 38.2. The Kier molecular flexibility index (Phi) is 10.0. The Bertz CT molecular complexity index is 1370. The first-order valence-corrected chi connectivity index (χ1v) is 27.6. The van der Waals surface area contributed by atoms with E-state index >= 15 is 0 Å². The van der Waals surface area contributed by atoms with Gasteiger partial charge in [0.1, 0.15) is 0 Å². The molecule has 0 N–H and O–H groups in total. The van der Waals surface area contributed by atoms with Crippen molar-refractivity contribution in [1.82, 2.24) is 4.90 Å². The minimum absolute atomic E-state index is 0.569. The van der Waals surface area contributed by atoms with Gasteiger partial charge in [0.05, 0.1) is 0 Å². The van der Waals surface area contributed by atoms with Crippen LogP contribution in [0.15, 0.2) is 0 Å². The molecule has 12 saturated carbocycles. The Labute approximate surface area is 353 Å². The molecule has 0 heterocycles. The summed E-state index contributed by atoms with van der Waals surface area (Å²) in [4.78, 5) is 3.67. The van der Waals surface area contributed by atoms with Crippen LogP contribution in [0.3, 0.4) is 0 Å². The van der Waals surface area contributed by atoms with Gasteiger partial charge in [-0.05, 0) is 220 Å². The molecule has 0 bridgehead atoms. The first-order valence-electron chi connectivity index (χ1n) is 27.6. The van der Waals surface area contributed by atoms with E-state index in [9.17, 15) is 0 Å². The van der Waals surface area contributed by atoms with Crippen LogP contribution in [0.1, 0.15) is 214 Å². The van der Waals surface area contributed by atoms with Crippen LogP contribution in [0.5, 0.6) is 0 Å². The molecule has 12 rings (SSSR count). The van der Waals surface area contributed by atoms with Crippen LogP contribution in [0.4, 0.5) is 0 Å². The highest BCUT2D eigenvalue weighted by molar-refractivity contribution is 5.15. The Morgan fingerprint density at radius 1 is 0.298 bits per heavy atom. The highest BCUT2D eigenvalue weighted by Crippen LogP contribution is 2.69. The van der Waals surface area contributed by atoms with E-state index in [0.29, 0.717) is 10.8 Å². The molecule has 0 aliphatic heterocycles. The van der Waals surface area contributed by atoms with E-state index in [1.54, 1.807) is 173 Å². The number of rotatable bonds is 4. The lowest BCUT2D eigenvalue weighted by Gasteiger charge is -2.57. The summed E-state index contributed by atoms with van der Waals surface area (Å²) in [5.41, 5.74) is 1.14. The summed E-state index contributed by atoms with van der Waals surface area (Å²) in [7, 11) is 0. The third kappa shape index (κ3) is 5.99. The molecule has 1 heteroatoms. The van der Waals surface area contributed by atoms with Crippen molar-refractivity contribution in [1.29, 1.82) is 0 Å². The molecule has 320 valence electrons. The average molecular weight is 778 g/mol. The van der Waals surface area contributed by atoms with Crippen molar-refractivity contribution >= 4 is 0 Å². The third-order valence-corrected chi connectivity index (χ3v) is 24.5. The molecule has 12 aliphatic rings. The molecule has 0 aromatic rings. The highest BCUT2D eigenvalue weighted by atomic mass is 15.2. The number of fused-ring (bicyclic) bond motifs is 11. The van der Waals surface area contributed by atoms with Crippen molar-refractivity contribution in [2.75, 3.05) is 0 Å². The summed E-state index contributed by atoms with van der Waals surface area (Å²) in [6.45, 7) is 11.2. The van der Waals surface area contributed by atoms with Gasteiger partial charge in [0.15, 0.2) is 0 Å². The fraction of sp³-hybridized carbons (Fsp3) is 1.00. The van der Waals surface area contributed by atoms with Crippen LogP contribution in [0.2, 0.25) is 0 Å². The second-order valence-electron chi connectivity index (χ2n) is 26.6. The molecule has 20 unspecified atom stereocenters. The van der Waals surface area contributed by atoms with Crippen LogP contribution in [0.25, 0.3) is 0 Å². The minimum atomic E-state index is 0.569. The van der Waals surface area contributed by atoms with E-state index in [2.05, 4.69) is 32.6 Å². The molecule has 12 aliphatic carbocycles. The topological polar surface area (TPSA) is 3.24 Å².